The van der Waals surface area contributed by atoms with Gasteiger partial charge in [-0.2, -0.15) is 5.26 Å². The van der Waals surface area contributed by atoms with Crippen LogP contribution in [0.4, 0.5) is 0 Å². The summed E-state index contributed by atoms with van der Waals surface area (Å²) in [5.74, 6) is 0.240. The molecular weight excluding hydrogens is 274 g/mol. The highest BCUT2D eigenvalue weighted by molar-refractivity contribution is 5.83. The highest BCUT2D eigenvalue weighted by atomic mass is 16.3. The monoisotopic (exact) mass is 287 g/mol. The van der Waals surface area contributed by atoms with E-state index in [0.717, 1.165) is 16.6 Å². The molecule has 1 heterocycles. The van der Waals surface area contributed by atoms with Crippen LogP contribution in [0.25, 0.3) is 22.7 Å². The summed E-state index contributed by atoms with van der Waals surface area (Å²) in [7, 11) is 0. The van der Waals surface area contributed by atoms with Crippen molar-refractivity contribution in [2.45, 2.75) is 0 Å². The fraction of sp³-hybridized carbons (Fsp3) is 0. The third-order valence-corrected chi connectivity index (χ3v) is 3.23. The van der Waals surface area contributed by atoms with E-state index in [4.69, 9.17) is 0 Å². The number of fused-ring (bicyclic) bond motifs is 1. The Kier molecular flexibility index (Phi) is 3.71. The zero-order valence-electron chi connectivity index (χ0n) is 11.7. The van der Waals surface area contributed by atoms with Gasteiger partial charge in [-0.15, -0.1) is 0 Å². The first-order chi connectivity index (χ1) is 10.8. The van der Waals surface area contributed by atoms with Crippen LogP contribution in [0.1, 0.15) is 11.4 Å². The van der Waals surface area contributed by atoms with Crippen molar-refractivity contribution in [2.75, 3.05) is 0 Å². The van der Waals surface area contributed by atoms with Crippen LogP contribution in [-0.2, 0) is 0 Å². The molecule has 0 aliphatic rings. The van der Waals surface area contributed by atoms with Crippen molar-refractivity contribution in [3.8, 4) is 6.07 Å². The van der Waals surface area contributed by atoms with E-state index >= 15 is 0 Å². The molecule has 0 fully saturated rings. The van der Waals surface area contributed by atoms with Gasteiger partial charge >= 0.3 is 0 Å². The largest absolute Gasteiger partial charge is 0.506 e. The maximum atomic E-state index is 10.2. The van der Waals surface area contributed by atoms with Gasteiger partial charge in [0.15, 0.2) is 5.82 Å². The summed E-state index contributed by atoms with van der Waals surface area (Å²) < 4.78 is 0. The summed E-state index contributed by atoms with van der Waals surface area (Å²) in [6.45, 7) is 0. The zero-order chi connectivity index (χ0) is 15.4. The van der Waals surface area contributed by atoms with Gasteiger partial charge < -0.3 is 10.1 Å². The van der Waals surface area contributed by atoms with Gasteiger partial charge in [0.25, 0.3) is 0 Å². The quantitative estimate of drug-likeness (QED) is 0.433. The van der Waals surface area contributed by atoms with Crippen molar-refractivity contribution in [1.29, 1.82) is 5.26 Å². The molecule has 1 aromatic heterocycles. The number of allylic oxidation sites excluding steroid dienone is 2. The second kappa shape index (κ2) is 5.98. The van der Waals surface area contributed by atoms with Crippen LogP contribution in [0.2, 0.25) is 0 Å². The van der Waals surface area contributed by atoms with Gasteiger partial charge in [0.1, 0.15) is 17.4 Å². The van der Waals surface area contributed by atoms with Crippen molar-refractivity contribution in [1.82, 2.24) is 9.97 Å². The van der Waals surface area contributed by atoms with Crippen LogP contribution in [-0.4, -0.2) is 15.1 Å². The van der Waals surface area contributed by atoms with E-state index in [9.17, 15) is 10.4 Å². The Morgan fingerprint density at radius 1 is 1.09 bits per heavy atom. The lowest BCUT2D eigenvalue weighted by Gasteiger charge is -1.97. The molecule has 22 heavy (non-hydrogen) atoms. The highest BCUT2D eigenvalue weighted by Gasteiger charge is 2.11. The smallest absolute Gasteiger partial charge is 0.152 e. The van der Waals surface area contributed by atoms with Crippen molar-refractivity contribution in [3.63, 3.8) is 0 Å². The number of aromatic amines is 1. The highest BCUT2D eigenvalue weighted by Crippen LogP contribution is 2.19. The Morgan fingerprint density at radius 2 is 1.82 bits per heavy atom. The van der Waals surface area contributed by atoms with Crippen LogP contribution in [0, 0.1) is 11.3 Å². The lowest BCUT2D eigenvalue weighted by molar-refractivity contribution is 0.436. The second-order valence-corrected chi connectivity index (χ2v) is 4.72. The molecule has 4 heteroatoms. The average Bonchev–Trinajstić information content (AvgIpc) is 2.98. The number of benzene rings is 2. The van der Waals surface area contributed by atoms with E-state index in [1.165, 1.54) is 6.08 Å². The minimum Gasteiger partial charge on any atom is -0.506 e. The fourth-order valence-electron chi connectivity index (χ4n) is 2.13. The lowest BCUT2D eigenvalue weighted by Crippen LogP contribution is -1.89. The van der Waals surface area contributed by atoms with E-state index in [-0.39, 0.29) is 11.3 Å². The zero-order valence-corrected chi connectivity index (χ0v) is 11.7. The molecule has 0 atom stereocenters. The predicted molar refractivity (Wildman–Crippen MR) is 86.7 cm³/mol. The summed E-state index contributed by atoms with van der Waals surface area (Å²) in [6, 6.07) is 19.0. The molecule has 0 saturated carbocycles. The molecule has 3 aromatic rings. The number of nitrogens with zero attached hydrogens (tertiary/aromatic N) is 2. The number of aliphatic hydroxyl groups excluding tert-OH is 1. The molecule has 0 bridgehead atoms. The average molecular weight is 287 g/mol. The van der Waals surface area contributed by atoms with Crippen LogP contribution in [0.3, 0.4) is 0 Å². The molecule has 0 saturated heterocycles. The van der Waals surface area contributed by atoms with Crippen LogP contribution < -0.4 is 0 Å². The van der Waals surface area contributed by atoms with Gasteiger partial charge in [-0.1, -0.05) is 48.5 Å². The van der Waals surface area contributed by atoms with Crippen molar-refractivity contribution >= 4 is 22.7 Å². The standard InChI is InChI=1S/C18H13N3O/c19-12-14(17(22)11-10-13-6-2-1-3-7-13)18-20-15-8-4-5-9-16(15)21-18/h1-11,22H,(H,20,21)/b11-10?,17-14-. The fourth-order valence-corrected chi connectivity index (χ4v) is 2.13. The van der Waals surface area contributed by atoms with E-state index < -0.39 is 0 Å². The van der Waals surface area contributed by atoms with Crippen molar-refractivity contribution < 1.29 is 5.11 Å². The normalized spacial score (nSPS) is 12.3. The van der Waals surface area contributed by atoms with Crippen LogP contribution in [0.5, 0.6) is 0 Å². The molecule has 0 aliphatic heterocycles. The number of hydrogen-bond acceptors (Lipinski definition) is 3. The SMILES string of the molecule is N#C/C(=C(/O)C=Cc1ccccc1)c1nc2ccccc2[nH]1. The third kappa shape index (κ3) is 2.74. The minimum absolute atomic E-state index is 0.114. The van der Waals surface area contributed by atoms with Gasteiger partial charge in [-0.25, -0.2) is 4.98 Å². The number of nitrogens with one attached hydrogen (secondary N) is 1. The molecule has 2 N–H and O–H groups in total. The molecule has 0 unspecified atom stereocenters. The van der Waals surface area contributed by atoms with Gasteiger partial charge in [-0.05, 0) is 23.8 Å². The molecule has 0 spiro atoms. The molecule has 0 aliphatic carbocycles. The molecule has 2 aromatic carbocycles. The number of aromatic nitrogens is 2. The topological polar surface area (TPSA) is 72.7 Å². The lowest BCUT2D eigenvalue weighted by atomic mass is 10.1. The molecule has 0 amide bonds. The van der Waals surface area contributed by atoms with E-state index in [1.54, 1.807) is 6.08 Å². The van der Waals surface area contributed by atoms with E-state index in [0.29, 0.717) is 5.82 Å². The molecule has 0 radical (unpaired) electrons. The van der Waals surface area contributed by atoms with Gasteiger partial charge in [0.05, 0.1) is 11.0 Å². The Labute approximate surface area is 127 Å². The first-order valence-electron chi connectivity index (χ1n) is 6.79. The summed E-state index contributed by atoms with van der Waals surface area (Å²) in [5, 5.41) is 19.5. The van der Waals surface area contributed by atoms with Crippen LogP contribution >= 0.6 is 0 Å². The summed E-state index contributed by atoms with van der Waals surface area (Å²) in [4.78, 5) is 7.37. The minimum atomic E-state index is -0.120. The summed E-state index contributed by atoms with van der Waals surface area (Å²) in [5.41, 5.74) is 2.63. The second-order valence-electron chi connectivity index (χ2n) is 4.72. The van der Waals surface area contributed by atoms with Gasteiger partial charge in [-0.3, -0.25) is 0 Å². The number of hydrogen-bond donors (Lipinski definition) is 2. The van der Waals surface area contributed by atoms with Crippen molar-refractivity contribution in [2.24, 2.45) is 0 Å². The number of rotatable bonds is 3. The summed E-state index contributed by atoms with van der Waals surface area (Å²) in [6.07, 6.45) is 3.25. The van der Waals surface area contributed by atoms with E-state index in [1.807, 2.05) is 60.7 Å². The van der Waals surface area contributed by atoms with Crippen molar-refractivity contribution in [3.05, 3.63) is 77.8 Å². The Bertz CT molecular complexity index is 866. The number of para-hydroxylation sites is 2. The summed E-state index contributed by atoms with van der Waals surface area (Å²) >= 11 is 0. The first kappa shape index (κ1) is 13.7. The van der Waals surface area contributed by atoms with Gasteiger partial charge in [0, 0.05) is 0 Å². The maximum Gasteiger partial charge on any atom is 0.152 e. The Hall–Kier alpha value is -3.32. The number of nitriles is 1. The molecule has 3 rings (SSSR count). The number of aliphatic hydroxyl groups is 1. The van der Waals surface area contributed by atoms with Gasteiger partial charge in [0.2, 0.25) is 0 Å². The maximum absolute atomic E-state index is 10.2. The number of H-pyrrole nitrogens is 1. The number of imidazole rings is 1. The Morgan fingerprint density at radius 3 is 2.55 bits per heavy atom. The molecule has 4 nitrogen and oxygen atoms in total. The molecule has 106 valence electrons. The third-order valence-electron chi connectivity index (χ3n) is 3.23. The first-order valence-corrected chi connectivity index (χ1v) is 6.79. The molecular formula is C18H13N3O. The van der Waals surface area contributed by atoms with E-state index in [2.05, 4.69) is 9.97 Å². The predicted octanol–water partition coefficient (Wildman–Crippen LogP) is 4.07. The Balaban J connectivity index is 1.98. The van der Waals surface area contributed by atoms with Crippen LogP contribution in [0.15, 0.2) is 66.4 Å².